The van der Waals surface area contributed by atoms with Crippen LogP contribution in [-0.2, 0) is 11.2 Å². The molecule has 0 saturated heterocycles. The third-order valence-corrected chi connectivity index (χ3v) is 6.54. The second-order valence-electron chi connectivity index (χ2n) is 6.91. The minimum atomic E-state index is -0.184. The number of nitrogens with zero attached hydrogens (tertiary/aromatic N) is 1. The lowest BCUT2D eigenvalue weighted by atomic mass is 10.1. The van der Waals surface area contributed by atoms with Crippen LogP contribution in [0.25, 0.3) is 21.3 Å². The molecule has 4 rings (SSSR count). The van der Waals surface area contributed by atoms with E-state index in [4.69, 9.17) is 0 Å². The number of carbonyl (C=O) groups excluding carboxylic acids is 1. The van der Waals surface area contributed by atoms with Crippen molar-refractivity contribution in [1.82, 2.24) is 9.97 Å². The molecular formula is C23H21N3O2S2. The summed E-state index contributed by atoms with van der Waals surface area (Å²) < 4.78 is 0. The number of carbonyl (C=O) groups is 1. The fourth-order valence-electron chi connectivity index (χ4n) is 3.21. The smallest absolute Gasteiger partial charge is 0.260 e. The summed E-state index contributed by atoms with van der Waals surface area (Å²) in [6.07, 6.45) is 0.844. The Morgan fingerprint density at radius 2 is 1.93 bits per heavy atom. The fraction of sp³-hybridized carbons (Fsp3) is 0.174. The molecule has 0 fully saturated rings. The molecule has 0 spiro atoms. The van der Waals surface area contributed by atoms with E-state index in [0.29, 0.717) is 15.4 Å². The molecule has 0 aliphatic heterocycles. The van der Waals surface area contributed by atoms with Crippen molar-refractivity contribution in [2.45, 2.75) is 25.4 Å². The second-order valence-corrected chi connectivity index (χ2v) is 8.74. The lowest BCUT2D eigenvalue weighted by Gasteiger charge is -2.09. The van der Waals surface area contributed by atoms with Crippen LogP contribution in [0.3, 0.4) is 0 Å². The largest absolute Gasteiger partial charge is 0.325 e. The molecule has 2 aromatic carbocycles. The number of anilines is 1. The van der Waals surface area contributed by atoms with Gasteiger partial charge in [0.15, 0.2) is 5.16 Å². The van der Waals surface area contributed by atoms with Crippen LogP contribution in [0.1, 0.15) is 18.1 Å². The number of thioether (sulfide) groups is 1. The highest BCUT2D eigenvalue weighted by atomic mass is 32.2. The van der Waals surface area contributed by atoms with E-state index in [1.54, 1.807) is 0 Å². The summed E-state index contributed by atoms with van der Waals surface area (Å²) in [5.41, 5.74) is 4.78. The van der Waals surface area contributed by atoms with Gasteiger partial charge in [0.2, 0.25) is 5.91 Å². The SMILES string of the molecule is CCc1ccccc1NC(=O)CSc1nc2scc(-c3ccc(C)cc3)c2c(=O)[nH]1. The van der Waals surface area contributed by atoms with Crippen molar-refractivity contribution >= 4 is 44.9 Å². The zero-order valence-electron chi connectivity index (χ0n) is 16.7. The number of hydrogen-bond donors (Lipinski definition) is 2. The predicted molar refractivity (Wildman–Crippen MR) is 126 cm³/mol. The summed E-state index contributed by atoms with van der Waals surface area (Å²) in [6.45, 7) is 4.08. The summed E-state index contributed by atoms with van der Waals surface area (Å²) >= 11 is 2.66. The van der Waals surface area contributed by atoms with Crippen molar-refractivity contribution in [3.63, 3.8) is 0 Å². The number of rotatable bonds is 6. The summed E-state index contributed by atoms with van der Waals surface area (Å²) in [4.78, 5) is 33.2. The Kier molecular flexibility index (Phi) is 6.01. The van der Waals surface area contributed by atoms with Crippen molar-refractivity contribution < 1.29 is 4.79 Å². The lowest BCUT2D eigenvalue weighted by Crippen LogP contribution is -2.16. The van der Waals surface area contributed by atoms with E-state index in [1.807, 2.05) is 60.8 Å². The minimum Gasteiger partial charge on any atom is -0.325 e. The van der Waals surface area contributed by atoms with E-state index in [-0.39, 0.29) is 17.2 Å². The maximum atomic E-state index is 12.7. The highest BCUT2D eigenvalue weighted by Gasteiger charge is 2.14. The number of thiophene rings is 1. The van der Waals surface area contributed by atoms with Gasteiger partial charge in [-0.1, -0.05) is 66.7 Å². The van der Waals surface area contributed by atoms with E-state index in [0.717, 1.165) is 28.8 Å². The number of H-pyrrole nitrogens is 1. The molecule has 0 aliphatic rings. The third kappa shape index (κ3) is 4.32. The van der Waals surface area contributed by atoms with Crippen molar-refractivity contribution in [2.24, 2.45) is 0 Å². The van der Waals surface area contributed by atoms with Gasteiger partial charge in [-0.3, -0.25) is 9.59 Å². The molecule has 0 bridgehead atoms. The van der Waals surface area contributed by atoms with E-state index < -0.39 is 0 Å². The molecule has 152 valence electrons. The van der Waals surface area contributed by atoms with Crippen molar-refractivity contribution in [3.05, 3.63) is 75.4 Å². The Bertz CT molecular complexity index is 1260. The van der Waals surface area contributed by atoms with E-state index in [2.05, 4.69) is 22.2 Å². The van der Waals surface area contributed by atoms with Gasteiger partial charge in [-0.25, -0.2) is 4.98 Å². The highest BCUT2D eigenvalue weighted by molar-refractivity contribution is 7.99. The first-order chi connectivity index (χ1) is 14.5. The molecule has 1 amide bonds. The molecule has 5 nitrogen and oxygen atoms in total. The average molecular weight is 436 g/mol. The number of amides is 1. The summed E-state index contributed by atoms with van der Waals surface area (Å²) in [7, 11) is 0. The van der Waals surface area contributed by atoms with Gasteiger partial charge in [-0.2, -0.15) is 0 Å². The van der Waals surface area contributed by atoms with Crippen LogP contribution in [0, 0.1) is 6.92 Å². The van der Waals surface area contributed by atoms with Crippen LogP contribution in [0.2, 0.25) is 0 Å². The van der Waals surface area contributed by atoms with E-state index in [9.17, 15) is 9.59 Å². The maximum absolute atomic E-state index is 12.7. The topological polar surface area (TPSA) is 74.8 Å². The molecule has 7 heteroatoms. The van der Waals surface area contributed by atoms with Gasteiger partial charge in [0.25, 0.3) is 5.56 Å². The highest BCUT2D eigenvalue weighted by Crippen LogP contribution is 2.31. The standard InChI is InChI=1S/C23H21N3O2S2/c1-3-15-6-4-5-7-18(15)24-19(27)13-30-23-25-21(28)20-17(12-29-22(20)26-23)16-10-8-14(2)9-11-16/h4-12H,3,13H2,1-2H3,(H,24,27)(H,25,26,28). The number of fused-ring (bicyclic) bond motifs is 1. The molecule has 2 N–H and O–H groups in total. The Morgan fingerprint density at radius 1 is 1.17 bits per heavy atom. The first-order valence-electron chi connectivity index (χ1n) is 9.64. The fourth-order valence-corrected chi connectivity index (χ4v) is 4.88. The third-order valence-electron chi connectivity index (χ3n) is 4.80. The number of benzene rings is 2. The number of aromatic amines is 1. The maximum Gasteiger partial charge on any atom is 0.260 e. The second kappa shape index (κ2) is 8.85. The molecule has 0 saturated carbocycles. The van der Waals surface area contributed by atoms with Gasteiger partial charge >= 0.3 is 0 Å². The molecule has 0 radical (unpaired) electrons. The van der Waals surface area contributed by atoms with Crippen LogP contribution < -0.4 is 10.9 Å². The van der Waals surface area contributed by atoms with Gasteiger partial charge in [-0.15, -0.1) is 11.3 Å². The Morgan fingerprint density at radius 3 is 2.70 bits per heavy atom. The molecular weight excluding hydrogens is 414 g/mol. The Balaban J connectivity index is 1.51. The molecule has 0 atom stereocenters. The number of aromatic nitrogens is 2. The van der Waals surface area contributed by atoms with Crippen LogP contribution in [0.5, 0.6) is 0 Å². The van der Waals surface area contributed by atoms with Crippen LogP contribution in [0.4, 0.5) is 5.69 Å². The zero-order chi connectivity index (χ0) is 21.1. The number of hydrogen-bond acceptors (Lipinski definition) is 5. The van der Waals surface area contributed by atoms with E-state index >= 15 is 0 Å². The number of nitrogens with one attached hydrogen (secondary N) is 2. The van der Waals surface area contributed by atoms with Gasteiger partial charge < -0.3 is 10.3 Å². The van der Waals surface area contributed by atoms with Gasteiger partial charge in [0.1, 0.15) is 4.83 Å². The van der Waals surface area contributed by atoms with Gasteiger partial charge in [0, 0.05) is 16.6 Å². The summed E-state index contributed by atoms with van der Waals surface area (Å²) in [6, 6.07) is 15.8. The van der Waals surface area contributed by atoms with Gasteiger partial charge in [-0.05, 0) is 30.5 Å². The normalized spacial score (nSPS) is 11.0. The first kappa shape index (κ1) is 20.4. The molecule has 2 aromatic heterocycles. The molecule has 2 heterocycles. The van der Waals surface area contributed by atoms with Crippen molar-refractivity contribution in [3.8, 4) is 11.1 Å². The summed E-state index contributed by atoms with van der Waals surface area (Å²) in [5.74, 6) is 0.0399. The molecule has 30 heavy (non-hydrogen) atoms. The minimum absolute atomic E-state index is 0.129. The number of aryl methyl sites for hydroxylation is 2. The molecule has 4 aromatic rings. The van der Waals surface area contributed by atoms with Crippen LogP contribution >= 0.6 is 23.1 Å². The van der Waals surface area contributed by atoms with Gasteiger partial charge in [0.05, 0.1) is 11.1 Å². The number of para-hydroxylation sites is 1. The quantitative estimate of drug-likeness (QED) is 0.320. The average Bonchev–Trinajstić information content (AvgIpc) is 3.18. The van der Waals surface area contributed by atoms with E-state index in [1.165, 1.54) is 28.7 Å². The first-order valence-corrected chi connectivity index (χ1v) is 11.5. The van der Waals surface area contributed by atoms with Crippen LogP contribution in [0.15, 0.2) is 63.9 Å². The Hall–Kier alpha value is -2.90. The van der Waals surface area contributed by atoms with Crippen LogP contribution in [-0.4, -0.2) is 21.6 Å². The zero-order valence-corrected chi connectivity index (χ0v) is 18.3. The lowest BCUT2D eigenvalue weighted by molar-refractivity contribution is -0.113. The summed E-state index contributed by atoms with van der Waals surface area (Å²) in [5, 5.41) is 5.94. The van der Waals surface area contributed by atoms with Crippen molar-refractivity contribution in [1.29, 1.82) is 0 Å². The monoisotopic (exact) mass is 435 g/mol. The Labute approximate surface area is 182 Å². The molecule has 0 aliphatic carbocycles. The van der Waals surface area contributed by atoms with Crippen molar-refractivity contribution in [2.75, 3.05) is 11.1 Å². The predicted octanol–water partition coefficient (Wildman–Crippen LogP) is 5.25. The molecule has 0 unspecified atom stereocenters.